The number of rotatable bonds is 7. The molecule has 0 bridgehead atoms. The number of hydrogen-bond acceptors (Lipinski definition) is 10. The molecule has 13 heteroatoms. The van der Waals surface area contributed by atoms with Crippen molar-refractivity contribution in [3.8, 4) is 5.75 Å². The summed E-state index contributed by atoms with van der Waals surface area (Å²) in [6.45, 7) is 3.96. The van der Waals surface area contributed by atoms with Crippen LogP contribution in [0.4, 0.5) is 10.5 Å². The van der Waals surface area contributed by atoms with Crippen molar-refractivity contribution in [2.24, 2.45) is 11.1 Å². The highest BCUT2D eigenvalue weighted by molar-refractivity contribution is 7.90. The Morgan fingerprint density at radius 2 is 1.80 bits per heavy atom. The molecule has 3 heterocycles. The van der Waals surface area contributed by atoms with Crippen molar-refractivity contribution in [1.29, 1.82) is 0 Å². The van der Waals surface area contributed by atoms with E-state index in [0.29, 0.717) is 29.8 Å². The van der Waals surface area contributed by atoms with Crippen LogP contribution in [0.15, 0.2) is 77.1 Å². The van der Waals surface area contributed by atoms with Gasteiger partial charge in [0.05, 0.1) is 16.6 Å². The third kappa shape index (κ3) is 4.82. The Labute approximate surface area is 235 Å². The maximum absolute atomic E-state index is 13.4. The van der Waals surface area contributed by atoms with E-state index < -0.39 is 22.3 Å². The first-order chi connectivity index (χ1) is 19.8. The number of carbonyl (C=O) groups is 1. The van der Waals surface area contributed by atoms with Crippen LogP contribution in [0.3, 0.4) is 0 Å². The first-order valence-corrected chi connectivity index (χ1v) is 14.6. The lowest BCUT2D eigenvalue weighted by molar-refractivity contribution is 0.0591. The van der Waals surface area contributed by atoms with Gasteiger partial charge in [-0.25, -0.2) is 22.2 Å². The molecule has 0 aliphatic heterocycles. The van der Waals surface area contributed by atoms with Crippen LogP contribution in [0, 0.1) is 17.7 Å². The van der Waals surface area contributed by atoms with Gasteiger partial charge in [-0.2, -0.15) is 0 Å². The van der Waals surface area contributed by atoms with Crippen LogP contribution >= 0.6 is 0 Å². The van der Waals surface area contributed by atoms with Crippen LogP contribution < -0.4 is 4.74 Å². The summed E-state index contributed by atoms with van der Waals surface area (Å²) in [5.41, 5.74) is 2.49. The van der Waals surface area contributed by atoms with Gasteiger partial charge < -0.3 is 9.47 Å². The number of aryl methyl sites for hydroxylation is 1. The molecule has 0 radical (unpaired) electrons. The van der Waals surface area contributed by atoms with E-state index in [1.165, 1.54) is 40.6 Å². The van der Waals surface area contributed by atoms with E-state index in [0.717, 1.165) is 12.0 Å². The Balaban J connectivity index is 1.28. The number of ether oxygens (including phenoxy) is 2. The summed E-state index contributed by atoms with van der Waals surface area (Å²) < 4.78 is 40.8. The normalized spacial score (nSPS) is 19.0. The van der Waals surface area contributed by atoms with Crippen molar-refractivity contribution in [2.75, 3.05) is 0 Å². The smallest absolute Gasteiger partial charge is 0.431 e. The molecule has 1 aliphatic carbocycles. The van der Waals surface area contributed by atoms with Gasteiger partial charge >= 0.3 is 6.16 Å². The van der Waals surface area contributed by atoms with Gasteiger partial charge in [0.15, 0.2) is 11.3 Å². The standard InChI is InChI=1S/C28H26N6O6S/c1-3-18-14-21(40-28(35)39-20-8-6-19(32-36)7-9-20)15-23(18)26-31-30-25-16-29-27-24(34(25)26)12-13-33(27)41(37,38)22-10-4-17(2)5-11-22/h4-13,16,18,21,23H,3,14-15H2,1-2H3. The molecule has 0 spiro atoms. The molecular weight excluding hydrogens is 548 g/mol. The first kappa shape index (κ1) is 26.6. The van der Waals surface area contributed by atoms with Gasteiger partial charge in [0.1, 0.15) is 23.4 Å². The van der Waals surface area contributed by atoms with Crippen LogP contribution in [0.1, 0.15) is 43.5 Å². The Bertz CT molecular complexity index is 1860. The molecule has 210 valence electrons. The molecule has 2 aromatic carbocycles. The minimum atomic E-state index is -3.88. The van der Waals surface area contributed by atoms with Gasteiger partial charge in [0.25, 0.3) is 10.0 Å². The second-order valence-electron chi connectivity index (χ2n) is 10.1. The van der Waals surface area contributed by atoms with Gasteiger partial charge in [-0.3, -0.25) is 4.40 Å². The third-order valence-corrected chi connectivity index (χ3v) is 9.23. The quantitative estimate of drug-likeness (QED) is 0.139. The molecule has 0 N–H and O–H groups in total. The minimum absolute atomic E-state index is 0.103. The monoisotopic (exact) mass is 574 g/mol. The summed E-state index contributed by atoms with van der Waals surface area (Å²) in [5.74, 6) is 0.932. The van der Waals surface area contributed by atoms with Crippen molar-refractivity contribution in [3.05, 3.63) is 83.3 Å². The lowest BCUT2D eigenvalue weighted by Crippen LogP contribution is -2.18. The molecule has 6 rings (SSSR count). The van der Waals surface area contributed by atoms with E-state index in [1.807, 2.05) is 11.3 Å². The SMILES string of the molecule is CCC1CC(OC(=O)Oc2ccc(N=O)cc2)CC1c1nnc2cnc3c(ccn3S(=O)(=O)c3ccc(C)cc3)n12. The largest absolute Gasteiger partial charge is 0.514 e. The molecule has 0 amide bonds. The van der Waals surface area contributed by atoms with Crippen molar-refractivity contribution in [3.63, 3.8) is 0 Å². The summed E-state index contributed by atoms with van der Waals surface area (Å²) in [5, 5.41) is 11.6. The molecule has 3 atom stereocenters. The van der Waals surface area contributed by atoms with Crippen molar-refractivity contribution in [1.82, 2.24) is 23.6 Å². The van der Waals surface area contributed by atoms with Gasteiger partial charge in [0.2, 0.25) is 0 Å². The molecule has 3 unspecified atom stereocenters. The third-order valence-electron chi connectivity index (χ3n) is 7.55. The fraction of sp³-hybridized carbons (Fsp3) is 0.286. The highest BCUT2D eigenvalue weighted by atomic mass is 32.2. The topological polar surface area (TPSA) is 147 Å². The number of benzene rings is 2. The summed E-state index contributed by atoms with van der Waals surface area (Å²) in [7, 11) is -3.88. The van der Waals surface area contributed by atoms with Crippen LogP contribution in [-0.4, -0.2) is 44.2 Å². The average Bonchev–Trinajstić information content (AvgIpc) is 3.69. The highest BCUT2D eigenvalue weighted by Gasteiger charge is 2.39. The number of nitroso groups, excluding NO2 is 1. The van der Waals surface area contributed by atoms with Gasteiger partial charge in [0, 0.05) is 12.1 Å². The number of carbonyl (C=O) groups excluding carboxylic acids is 1. The summed E-state index contributed by atoms with van der Waals surface area (Å²) in [6.07, 6.45) is 3.66. The van der Waals surface area contributed by atoms with E-state index in [1.54, 1.807) is 30.3 Å². The van der Waals surface area contributed by atoms with E-state index in [4.69, 9.17) is 9.47 Å². The molecule has 12 nitrogen and oxygen atoms in total. The van der Waals surface area contributed by atoms with E-state index >= 15 is 0 Å². The van der Waals surface area contributed by atoms with Gasteiger partial charge in [-0.05, 0) is 73.3 Å². The first-order valence-electron chi connectivity index (χ1n) is 13.1. The second-order valence-corrected chi connectivity index (χ2v) is 11.9. The Morgan fingerprint density at radius 3 is 2.51 bits per heavy atom. The predicted octanol–water partition coefficient (Wildman–Crippen LogP) is 5.51. The average molecular weight is 575 g/mol. The lowest BCUT2D eigenvalue weighted by atomic mass is 9.93. The molecule has 1 saturated carbocycles. The Hall–Kier alpha value is -4.65. The van der Waals surface area contributed by atoms with Gasteiger partial charge in [-0.15, -0.1) is 15.1 Å². The van der Waals surface area contributed by atoms with Gasteiger partial charge in [-0.1, -0.05) is 31.0 Å². The van der Waals surface area contributed by atoms with Crippen molar-refractivity contribution < 1.29 is 22.7 Å². The fourth-order valence-electron chi connectivity index (χ4n) is 5.48. The number of hydrogen-bond donors (Lipinski definition) is 0. The molecule has 3 aromatic heterocycles. The summed E-state index contributed by atoms with van der Waals surface area (Å²) in [6, 6.07) is 14.2. The molecular formula is C28H26N6O6S. The zero-order chi connectivity index (χ0) is 28.7. The maximum atomic E-state index is 13.4. The molecule has 1 aliphatic rings. The summed E-state index contributed by atoms with van der Waals surface area (Å²) >= 11 is 0. The van der Waals surface area contributed by atoms with Crippen LogP contribution in [0.2, 0.25) is 0 Å². The fourth-order valence-corrected chi connectivity index (χ4v) is 6.78. The van der Waals surface area contributed by atoms with E-state index in [2.05, 4.69) is 27.3 Å². The molecule has 5 aromatic rings. The predicted molar refractivity (Wildman–Crippen MR) is 149 cm³/mol. The number of fused-ring (bicyclic) bond motifs is 3. The van der Waals surface area contributed by atoms with Crippen LogP contribution in [-0.2, 0) is 14.8 Å². The Kier molecular flexibility index (Phi) is 6.73. The zero-order valence-corrected chi connectivity index (χ0v) is 23.1. The summed E-state index contributed by atoms with van der Waals surface area (Å²) in [4.78, 5) is 27.7. The zero-order valence-electron chi connectivity index (χ0n) is 22.2. The second kappa shape index (κ2) is 10.4. The molecule has 1 fully saturated rings. The maximum Gasteiger partial charge on any atom is 0.514 e. The van der Waals surface area contributed by atoms with E-state index in [-0.39, 0.29) is 33.8 Å². The van der Waals surface area contributed by atoms with Crippen LogP contribution in [0.25, 0.3) is 16.8 Å². The molecule has 41 heavy (non-hydrogen) atoms. The Morgan fingerprint density at radius 1 is 1.05 bits per heavy atom. The van der Waals surface area contributed by atoms with E-state index in [9.17, 15) is 18.1 Å². The lowest BCUT2D eigenvalue weighted by Gasteiger charge is -2.15. The highest BCUT2D eigenvalue weighted by Crippen LogP contribution is 2.43. The van der Waals surface area contributed by atoms with Crippen LogP contribution in [0.5, 0.6) is 5.75 Å². The van der Waals surface area contributed by atoms with Crippen molar-refractivity contribution >= 4 is 38.7 Å². The minimum Gasteiger partial charge on any atom is -0.431 e. The van der Waals surface area contributed by atoms with Crippen molar-refractivity contribution in [2.45, 2.75) is 50.0 Å². The number of aromatic nitrogens is 5. The molecule has 0 saturated heterocycles. The number of nitrogens with zero attached hydrogens (tertiary/aromatic N) is 6.